The van der Waals surface area contributed by atoms with Gasteiger partial charge in [0.1, 0.15) is 23.9 Å². The van der Waals surface area contributed by atoms with Gasteiger partial charge in [0.15, 0.2) is 6.10 Å². The molecule has 1 heterocycles. The molecule has 1 unspecified atom stereocenters. The molecule has 1 saturated carbocycles. The number of esters is 2. The molecule has 1 aromatic heterocycles. The van der Waals surface area contributed by atoms with Crippen LogP contribution in [0.15, 0.2) is 16.6 Å². The van der Waals surface area contributed by atoms with Gasteiger partial charge in [0.05, 0.1) is 31.5 Å². The summed E-state index contributed by atoms with van der Waals surface area (Å²) in [5.74, 6) is 0.113. The fourth-order valence-electron chi connectivity index (χ4n) is 7.62. The van der Waals surface area contributed by atoms with E-state index in [-0.39, 0.29) is 51.0 Å². The Bertz CT molecular complexity index is 1450. The van der Waals surface area contributed by atoms with E-state index in [0.29, 0.717) is 25.7 Å². The minimum absolute atomic E-state index is 0.00550. The summed E-state index contributed by atoms with van der Waals surface area (Å²) < 4.78 is 38.8. The van der Waals surface area contributed by atoms with Crippen molar-refractivity contribution < 1.29 is 62.1 Å². The Kier molecular flexibility index (Phi) is 27.4. The average molecular weight is 872 g/mol. The quantitative estimate of drug-likeness (QED) is 0.0190. The second kappa shape index (κ2) is 30.6. The van der Waals surface area contributed by atoms with E-state index in [1.54, 1.807) is 12.2 Å². The molecule has 1 fully saturated rings. The van der Waals surface area contributed by atoms with Gasteiger partial charge in [-0.3, -0.25) is 23.4 Å². The van der Waals surface area contributed by atoms with Crippen molar-refractivity contribution in [1.29, 1.82) is 0 Å². The van der Waals surface area contributed by atoms with E-state index in [2.05, 4.69) is 27.7 Å². The number of unbranched alkanes of at least 4 members (excludes halogenated alkanes) is 10. The third kappa shape index (κ3) is 22.1. The number of ketones is 1. The van der Waals surface area contributed by atoms with E-state index in [0.717, 1.165) is 95.0 Å². The number of Topliss-reactive ketones (excluding diaryl/α,β-unsaturated/α-hetero) is 1. The van der Waals surface area contributed by atoms with E-state index < -0.39 is 69.2 Å². The molecule has 0 spiro atoms. The first-order valence-electron chi connectivity index (χ1n) is 22.7. The number of hydrogen-bond donors (Lipinski definition) is 5. The number of carbonyl (C=O) groups excluding carboxylic acids is 3. The van der Waals surface area contributed by atoms with Gasteiger partial charge in [-0.1, -0.05) is 83.8 Å². The Labute approximate surface area is 358 Å². The molecule has 1 aliphatic rings. The monoisotopic (exact) mass is 872 g/mol. The number of aliphatic hydroxyl groups is 3. The Morgan fingerprint density at radius 3 is 2.08 bits per heavy atom. The van der Waals surface area contributed by atoms with Crippen LogP contribution in [-0.2, 0) is 50.3 Å². The van der Waals surface area contributed by atoms with Gasteiger partial charge >= 0.3 is 19.8 Å². The van der Waals surface area contributed by atoms with E-state index in [1.165, 1.54) is 11.1 Å². The maximum absolute atomic E-state index is 12.8. The zero-order valence-electron chi connectivity index (χ0n) is 37.0. The van der Waals surface area contributed by atoms with Crippen molar-refractivity contribution in [3.8, 4) is 0 Å². The third-order valence-electron chi connectivity index (χ3n) is 11.3. The summed E-state index contributed by atoms with van der Waals surface area (Å²) in [6.45, 7) is 7.38. The van der Waals surface area contributed by atoms with Gasteiger partial charge in [0, 0.05) is 63.3 Å². The molecular weight excluding hydrogens is 793 g/mol. The topological polar surface area (TPSA) is 225 Å². The largest absolute Gasteiger partial charge is 0.472 e. The lowest BCUT2D eigenvalue weighted by Gasteiger charge is -2.20. The lowest BCUT2D eigenvalue weighted by molar-refractivity contribution is -0.161. The second-order valence-electron chi connectivity index (χ2n) is 16.5. The third-order valence-corrected chi connectivity index (χ3v) is 12.3. The summed E-state index contributed by atoms with van der Waals surface area (Å²) in [5.41, 5.74) is 7.92. The Morgan fingerprint density at radius 2 is 1.42 bits per heavy atom. The SMILES string of the molecule is CCCCC[C@H](O)/C=C/[C@@H]1[C@@H](CC(=O)CCCCC(=O)OC[C@H](COP(=O)(O)OCCN)OC(=O)CCCCCCCCCCc2oc(CCC)c(C)c2C)[C@@H](O)C[C@H]1O. The Hall–Kier alpha value is -2.42. The molecule has 7 atom stereocenters. The molecule has 0 aliphatic heterocycles. The molecule has 15 heteroatoms. The maximum atomic E-state index is 12.8. The highest BCUT2D eigenvalue weighted by atomic mass is 31.2. The van der Waals surface area contributed by atoms with Crippen LogP contribution >= 0.6 is 7.82 Å². The molecule has 346 valence electrons. The minimum Gasteiger partial charge on any atom is -0.466 e. The molecule has 0 saturated heterocycles. The molecule has 0 aromatic carbocycles. The maximum Gasteiger partial charge on any atom is 0.472 e. The van der Waals surface area contributed by atoms with Crippen LogP contribution in [0.3, 0.4) is 0 Å². The van der Waals surface area contributed by atoms with Gasteiger partial charge in [0.25, 0.3) is 0 Å². The predicted molar refractivity (Wildman–Crippen MR) is 230 cm³/mol. The minimum atomic E-state index is -4.48. The summed E-state index contributed by atoms with van der Waals surface area (Å²) in [6.07, 6.45) is 15.9. The zero-order valence-corrected chi connectivity index (χ0v) is 37.9. The number of phosphoric acid groups is 1. The summed E-state index contributed by atoms with van der Waals surface area (Å²) in [6, 6.07) is 0. The number of phosphoric ester groups is 1. The second-order valence-corrected chi connectivity index (χ2v) is 17.9. The van der Waals surface area contributed by atoms with Crippen LogP contribution < -0.4 is 5.73 Å². The van der Waals surface area contributed by atoms with Gasteiger partial charge in [-0.15, -0.1) is 0 Å². The lowest BCUT2D eigenvalue weighted by Crippen LogP contribution is -2.29. The molecule has 1 aliphatic carbocycles. The highest BCUT2D eigenvalue weighted by molar-refractivity contribution is 7.47. The fraction of sp³-hybridized carbons (Fsp3) is 0.800. The van der Waals surface area contributed by atoms with Crippen LogP contribution in [0.5, 0.6) is 0 Å². The molecule has 0 bridgehead atoms. The van der Waals surface area contributed by atoms with Gasteiger partial charge in [0.2, 0.25) is 0 Å². The summed E-state index contributed by atoms with van der Waals surface area (Å²) in [5, 5.41) is 31.3. The first kappa shape index (κ1) is 53.7. The average Bonchev–Trinajstić information content (AvgIpc) is 3.63. The van der Waals surface area contributed by atoms with Crippen LogP contribution in [-0.4, -0.2) is 88.7 Å². The molecule has 1 aromatic rings. The van der Waals surface area contributed by atoms with Crippen molar-refractivity contribution in [2.75, 3.05) is 26.4 Å². The van der Waals surface area contributed by atoms with Crippen molar-refractivity contribution in [2.24, 2.45) is 17.6 Å². The van der Waals surface area contributed by atoms with Crippen LogP contribution in [0.25, 0.3) is 0 Å². The van der Waals surface area contributed by atoms with E-state index in [4.69, 9.17) is 28.7 Å². The van der Waals surface area contributed by atoms with Gasteiger partial charge in [-0.25, -0.2) is 4.57 Å². The first-order valence-corrected chi connectivity index (χ1v) is 24.2. The van der Waals surface area contributed by atoms with Crippen molar-refractivity contribution in [3.05, 3.63) is 34.8 Å². The smallest absolute Gasteiger partial charge is 0.466 e. The number of nitrogens with two attached hydrogens (primary N) is 1. The molecule has 2 rings (SSSR count). The molecule has 0 amide bonds. The van der Waals surface area contributed by atoms with Crippen LogP contribution in [0.4, 0.5) is 0 Å². The molecule has 60 heavy (non-hydrogen) atoms. The van der Waals surface area contributed by atoms with E-state index in [1.807, 2.05) is 0 Å². The van der Waals surface area contributed by atoms with Crippen LogP contribution in [0, 0.1) is 25.7 Å². The number of carbonyl (C=O) groups is 3. The number of rotatable bonds is 35. The summed E-state index contributed by atoms with van der Waals surface area (Å²) >= 11 is 0. The Morgan fingerprint density at radius 1 is 0.800 bits per heavy atom. The van der Waals surface area contributed by atoms with Gasteiger partial charge in [-0.2, -0.15) is 0 Å². The van der Waals surface area contributed by atoms with E-state index in [9.17, 15) is 39.2 Å². The van der Waals surface area contributed by atoms with Crippen molar-refractivity contribution in [1.82, 2.24) is 0 Å². The molecule has 14 nitrogen and oxygen atoms in total. The highest BCUT2D eigenvalue weighted by Gasteiger charge is 2.41. The molecular formula is C45H78NO13P. The standard InChI is InChI=1S/C45H78NO13P/c1-5-7-14-20-35(47)25-26-38-39(41(50)30-40(38)49)29-36(48)21-17-18-23-44(51)55-31-37(32-57-60(53,54)56-28-27-46)58-45(52)24-16-13-11-9-8-10-12-15-22-43-34(4)33(3)42(59-43)19-6-2/h25-26,35,37-41,47,49-50H,5-24,27-32,46H2,1-4H3,(H,53,54)/b26-25+/t35-,37+,38+,39+,40+,41-/m0/s1. The van der Waals surface area contributed by atoms with Crippen LogP contribution in [0.2, 0.25) is 0 Å². The van der Waals surface area contributed by atoms with Crippen LogP contribution in [0.1, 0.15) is 165 Å². The number of aliphatic hydroxyl groups excluding tert-OH is 3. The number of hydrogen-bond acceptors (Lipinski definition) is 13. The normalized spacial score (nSPS) is 20.0. The fourth-order valence-corrected chi connectivity index (χ4v) is 8.38. The molecule has 6 N–H and O–H groups in total. The van der Waals surface area contributed by atoms with Crippen molar-refractivity contribution in [3.63, 3.8) is 0 Å². The Balaban J connectivity index is 1.70. The number of furan rings is 1. The lowest BCUT2D eigenvalue weighted by atomic mass is 9.87. The first-order chi connectivity index (χ1) is 28.7. The molecule has 0 radical (unpaired) electrons. The van der Waals surface area contributed by atoms with Crippen molar-refractivity contribution in [2.45, 2.75) is 193 Å². The summed E-state index contributed by atoms with van der Waals surface area (Å²) in [7, 11) is -4.48. The van der Waals surface area contributed by atoms with Crippen molar-refractivity contribution >= 4 is 25.5 Å². The summed E-state index contributed by atoms with van der Waals surface area (Å²) in [4.78, 5) is 48.0. The predicted octanol–water partition coefficient (Wildman–Crippen LogP) is 7.82. The number of aryl methyl sites for hydroxylation is 2. The van der Waals surface area contributed by atoms with Gasteiger partial charge in [-0.05, 0) is 63.5 Å². The van der Waals surface area contributed by atoms with Gasteiger partial charge < -0.3 is 39.8 Å². The van der Waals surface area contributed by atoms with E-state index >= 15 is 0 Å². The zero-order chi connectivity index (χ0) is 44.3. The number of ether oxygens (including phenoxy) is 2. The highest BCUT2D eigenvalue weighted by Crippen LogP contribution is 2.43.